The molecule has 0 fully saturated rings. The first-order valence-electron chi connectivity index (χ1n) is 11.9. The highest BCUT2D eigenvalue weighted by Gasteiger charge is 2.32. The molecule has 2 aromatic rings. The first-order valence-corrected chi connectivity index (χ1v) is 13.8. The van der Waals surface area contributed by atoms with E-state index < -0.39 is 45.9 Å². The predicted octanol–water partition coefficient (Wildman–Crippen LogP) is 1.05. The molecule has 3 amide bonds. The summed E-state index contributed by atoms with van der Waals surface area (Å²) >= 11 is 0. The Labute approximate surface area is 210 Å². The summed E-state index contributed by atoms with van der Waals surface area (Å²) in [6.07, 6.45) is 3.74. The van der Waals surface area contributed by atoms with Gasteiger partial charge < -0.3 is 20.4 Å². The normalized spacial score (nSPS) is 22.6. The minimum Gasteiger partial charge on any atom is -0.446 e. The van der Waals surface area contributed by atoms with Crippen molar-refractivity contribution in [3.05, 3.63) is 53.7 Å². The molecule has 2 heterocycles. The molecule has 1 aliphatic heterocycles. The van der Waals surface area contributed by atoms with E-state index in [-0.39, 0.29) is 23.9 Å². The molecule has 0 aliphatic carbocycles. The quantitative estimate of drug-likeness (QED) is 0.459. The Kier molecular flexibility index (Phi) is 9.21. The zero-order valence-corrected chi connectivity index (χ0v) is 21.4. The van der Waals surface area contributed by atoms with Crippen molar-refractivity contribution in [1.29, 1.82) is 0 Å². The first-order chi connectivity index (χ1) is 17.0. The van der Waals surface area contributed by atoms with Crippen molar-refractivity contribution < 1.29 is 27.2 Å². The summed E-state index contributed by atoms with van der Waals surface area (Å²) < 4.78 is 31.7. The number of hydrogen-bond acceptors (Lipinski definition) is 7. The Hall–Kier alpha value is -3.25. The summed E-state index contributed by atoms with van der Waals surface area (Å²) in [5.74, 6) is -1.63. The first kappa shape index (κ1) is 27.3. The van der Waals surface area contributed by atoms with Crippen molar-refractivity contribution in [3.8, 4) is 0 Å². The molecule has 4 N–H and O–H groups in total. The van der Waals surface area contributed by atoms with Crippen LogP contribution in [0.2, 0.25) is 0 Å². The van der Waals surface area contributed by atoms with Gasteiger partial charge in [-0.1, -0.05) is 44.2 Å². The van der Waals surface area contributed by atoms with Crippen molar-refractivity contribution in [1.82, 2.24) is 25.7 Å². The smallest absolute Gasteiger partial charge is 0.273 e. The van der Waals surface area contributed by atoms with Crippen LogP contribution in [0, 0.1) is 5.92 Å². The van der Waals surface area contributed by atoms with Crippen molar-refractivity contribution >= 4 is 27.7 Å². The summed E-state index contributed by atoms with van der Waals surface area (Å²) in [4.78, 5) is 43.2. The number of sulfonamides is 1. The zero-order chi connectivity index (χ0) is 26.3. The maximum Gasteiger partial charge on any atom is 0.273 e. The van der Waals surface area contributed by atoms with Gasteiger partial charge in [0.25, 0.3) is 5.91 Å². The Balaban J connectivity index is 1.93. The summed E-state index contributed by atoms with van der Waals surface area (Å²) in [5, 5.41) is 8.35. The molecule has 0 spiro atoms. The molecule has 11 nitrogen and oxygen atoms in total. The van der Waals surface area contributed by atoms with Gasteiger partial charge in [0.15, 0.2) is 5.69 Å². The van der Waals surface area contributed by atoms with Crippen LogP contribution >= 0.6 is 0 Å². The lowest BCUT2D eigenvalue weighted by atomic mass is 10.0. The van der Waals surface area contributed by atoms with E-state index in [4.69, 9.17) is 4.42 Å². The number of fused-ring (bicyclic) bond motifs is 2. The van der Waals surface area contributed by atoms with E-state index in [0.717, 1.165) is 11.8 Å². The van der Waals surface area contributed by atoms with Crippen molar-refractivity contribution in [2.24, 2.45) is 5.92 Å². The van der Waals surface area contributed by atoms with Crippen LogP contribution in [0.1, 0.15) is 61.1 Å². The lowest BCUT2D eigenvalue weighted by Crippen LogP contribution is -2.55. The number of nitrogens with zero attached hydrogens (tertiary/aromatic N) is 1. The van der Waals surface area contributed by atoms with Gasteiger partial charge in [0.2, 0.25) is 27.7 Å². The van der Waals surface area contributed by atoms with Crippen LogP contribution in [0.3, 0.4) is 0 Å². The van der Waals surface area contributed by atoms with E-state index in [9.17, 15) is 22.8 Å². The van der Waals surface area contributed by atoms with E-state index in [0.29, 0.717) is 25.8 Å². The second-order valence-electron chi connectivity index (χ2n) is 9.25. The Bertz CT molecular complexity index is 1160. The Morgan fingerprint density at radius 2 is 1.81 bits per heavy atom. The molecule has 3 atom stereocenters. The van der Waals surface area contributed by atoms with E-state index >= 15 is 0 Å². The zero-order valence-electron chi connectivity index (χ0n) is 20.6. The largest absolute Gasteiger partial charge is 0.446 e. The molecule has 0 saturated carbocycles. The molecule has 0 unspecified atom stereocenters. The van der Waals surface area contributed by atoms with Gasteiger partial charge >= 0.3 is 0 Å². The molecular weight excluding hydrogens is 486 g/mol. The Morgan fingerprint density at radius 1 is 1.08 bits per heavy atom. The van der Waals surface area contributed by atoms with Crippen LogP contribution in [0.15, 0.2) is 41.0 Å². The number of benzene rings is 1. The topological polar surface area (TPSA) is 160 Å². The monoisotopic (exact) mass is 519 g/mol. The van der Waals surface area contributed by atoms with Gasteiger partial charge in [-0.05, 0) is 30.7 Å². The second kappa shape index (κ2) is 12.1. The van der Waals surface area contributed by atoms with E-state index in [1.165, 1.54) is 6.26 Å². The van der Waals surface area contributed by atoms with E-state index in [1.54, 1.807) is 13.8 Å². The highest BCUT2D eigenvalue weighted by Crippen LogP contribution is 2.20. The van der Waals surface area contributed by atoms with Crippen molar-refractivity contribution in [2.45, 2.75) is 57.7 Å². The molecular formula is C24H33N5O6S. The molecule has 12 heteroatoms. The van der Waals surface area contributed by atoms with E-state index in [1.807, 2.05) is 30.3 Å². The lowest BCUT2D eigenvalue weighted by Gasteiger charge is -2.27. The maximum absolute atomic E-state index is 13.4. The summed E-state index contributed by atoms with van der Waals surface area (Å²) in [5.41, 5.74) is 0.999. The fourth-order valence-electron chi connectivity index (χ4n) is 3.92. The summed E-state index contributed by atoms with van der Waals surface area (Å²) in [6, 6.07) is 6.70. The highest BCUT2D eigenvalue weighted by molar-refractivity contribution is 7.88. The SMILES string of the molecule is CC(C)[C@@H]1NC(=O)[C@@H](NS(C)(=O)=O)CCCCNC(=O)c2coc(n2)[C@@H](Cc2ccccc2)NC1=O. The molecule has 0 radical (unpaired) electrons. The van der Waals surface area contributed by atoms with Crippen LogP contribution < -0.4 is 20.7 Å². The highest BCUT2D eigenvalue weighted by atomic mass is 32.2. The van der Waals surface area contributed by atoms with Crippen molar-refractivity contribution in [3.63, 3.8) is 0 Å². The molecule has 196 valence electrons. The van der Waals surface area contributed by atoms with Crippen LogP contribution in [-0.2, 0) is 26.0 Å². The maximum atomic E-state index is 13.4. The van der Waals surface area contributed by atoms with Gasteiger partial charge in [-0.15, -0.1) is 0 Å². The average molecular weight is 520 g/mol. The minimum atomic E-state index is -3.68. The minimum absolute atomic E-state index is 0.0923. The van der Waals surface area contributed by atoms with Crippen molar-refractivity contribution in [2.75, 3.05) is 12.8 Å². The van der Waals surface area contributed by atoms with E-state index in [2.05, 4.69) is 25.7 Å². The van der Waals surface area contributed by atoms with Gasteiger partial charge in [0, 0.05) is 13.0 Å². The standard InChI is InChI=1S/C24H33N5O6S/c1-15(2)20-23(32)26-18(13-16-9-5-4-6-10-16)24-27-19(14-35-24)21(30)25-12-8-7-11-17(22(31)28-20)29-36(3,33)34/h4-6,9-10,14-15,17-18,20,29H,7-8,11-13H2,1-3H3,(H,25,30)(H,26,32)(H,28,31)/t17-,18+,20-/m0/s1. The predicted molar refractivity (Wildman–Crippen MR) is 132 cm³/mol. The van der Waals surface area contributed by atoms with Crippen LogP contribution in [0.5, 0.6) is 0 Å². The lowest BCUT2D eigenvalue weighted by molar-refractivity contribution is -0.131. The molecule has 1 aromatic heterocycles. The molecule has 3 rings (SSSR count). The van der Waals surface area contributed by atoms with Gasteiger partial charge in [-0.25, -0.2) is 18.1 Å². The number of nitrogens with one attached hydrogen (secondary N) is 4. The number of oxazole rings is 1. The van der Waals surface area contributed by atoms with Gasteiger partial charge in [0.1, 0.15) is 24.4 Å². The third kappa shape index (κ3) is 7.89. The van der Waals surface area contributed by atoms with Gasteiger partial charge in [0.05, 0.1) is 6.26 Å². The number of carbonyl (C=O) groups excluding carboxylic acids is 3. The Morgan fingerprint density at radius 3 is 2.47 bits per heavy atom. The summed E-state index contributed by atoms with van der Waals surface area (Å²) in [7, 11) is -3.68. The van der Waals surface area contributed by atoms with Crippen LogP contribution in [0.25, 0.3) is 0 Å². The number of amides is 3. The second-order valence-corrected chi connectivity index (χ2v) is 11.0. The number of rotatable bonds is 5. The third-order valence-corrected chi connectivity index (χ3v) is 6.49. The number of carbonyl (C=O) groups is 3. The molecule has 1 aliphatic rings. The van der Waals surface area contributed by atoms with Crippen LogP contribution in [-0.4, -0.2) is 56.0 Å². The molecule has 0 saturated heterocycles. The molecule has 2 bridgehead atoms. The third-order valence-electron chi connectivity index (χ3n) is 5.78. The molecule has 1 aromatic carbocycles. The van der Waals surface area contributed by atoms with Gasteiger partial charge in [-0.2, -0.15) is 0 Å². The van der Waals surface area contributed by atoms with Gasteiger partial charge in [-0.3, -0.25) is 14.4 Å². The molecule has 36 heavy (non-hydrogen) atoms. The average Bonchev–Trinajstić information content (AvgIpc) is 3.30. The van der Waals surface area contributed by atoms with Crippen LogP contribution in [0.4, 0.5) is 0 Å². The number of hydrogen-bond donors (Lipinski definition) is 4. The fourth-order valence-corrected chi connectivity index (χ4v) is 4.66. The fraction of sp³-hybridized carbons (Fsp3) is 0.500. The number of aromatic nitrogens is 1. The summed E-state index contributed by atoms with van der Waals surface area (Å²) in [6.45, 7) is 3.87.